The lowest BCUT2D eigenvalue weighted by Crippen LogP contribution is -2.08. The maximum absolute atomic E-state index is 14.1. The molecule has 9 heteroatoms. The van der Waals surface area contributed by atoms with E-state index in [1.165, 1.54) is 11.0 Å². The topological polar surface area (TPSA) is 72.3 Å². The molecule has 162 valence electrons. The number of aryl methyl sites for hydroxylation is 1. The van der Waals surface area contributed by atoms with Gasteiger partial charge in [0.25, 0.3) is 0 Å². The van der Waals surface area contributed by atoms with E-state index in [1.807, 2.05) is 12.1 Å². The quantitative estimate of drug-likeness (QED) is 0.370. The number of fused-ring (bicyclic) bond motifs is 1. The zero-order chi connectivity index (χ0) is 23.2. The number of imidazole rings is 1. The molecule has 5 aromatic rings. The highest BCUT2D eigenvalue weighted by Crippen LogP contribution is 2.38. The monoisotopic (exact) mass is 444 g/mol. The molecule has 0 atom stereocenters. The van der Waals surface area contributed by atoms with Gasteiger partial charge in [-0.1, -0.05) is 6.07 Å². The van der Waals surface area contributed by atoms with Gasteiger partial charge in [0.2, 0.25) is 0 Å². The molecule has 0 saturated heterocycles. The molecule has 3 aromatic heterocycles. The summed E-state index contributed by atoms with van der Waals surface area (Å²) in [5.74, 6) is 0. The fourth-order valence-electron chi connectivity index (χ4n) is 3.83. The SMILES string of the molecule is Cc1cc(C#N)ccc1-n1nc(C(F)(F)F)c2c(-n3cnc(-c4cccnc4)c3)cccc21. The van der Waals surface area contributed by atoms with Gasteiger partial charge in [0, 0.05) is 24.2 Å². The zero-order valence-corrected chi connectivity index (χ0v) is 17.2. The van der Waals surface area contributed by atoms with Crippen molar-refractivity contribution >= 4 is 10.9 Å². The number of hydrogen-bond donors (Lipinski definition) is 0. The van der Waals surface area contributed by atoms with E-state index in [0.29, 0.717) is 33.7 Å². The van der Waals surface area contributed by atoms with Gasteiger partial charge in [0.1, 0.15) is 0 Å². The molecule has 6 nitrogen and oxygen atoms in total. The van der Waals surface area contributed by atoms with Crippen LogP contribution in [0.15, 0.2) is 73.4 Å². The highest BCUT2D eigenvalue weighted by Gasteiger charge is 2.38. The molecular formula is C24H15F3N6. The summed E-state index contributed by atoms with van der Waals surface area (Å²) in [6.45, 7) is 1.73. The molecule has 0 unspecified atom stereocenters. The van der Waals surface area contributed by atoms with Gasteiger partial charge in [-0.25, -0.2) is 9.67 Å². The van der Waals surface area contributed by atoms with Crippen LogP contribution < -0.4 is 0 Å². The second kappa shape index (κ2) is 7.60. The van der Waals surface area contributed by atoms with E-state index in [0.717, 1.165) is 5.56 Å². The smallest absolute Gasteiger partial charge is 0.305 e. The summed E-state index contributed by atoms with van der Waals surface area (Å²) in [6.07, 6.45) is 1.74. The first kappa shape index (κ1) is 20.5. The molecule has 0 aliphatic carbocycles. The minimum atomic E-state index is -4.67. The minimum Gasteiger partial charge on any atom is -0.305 e. The molecule has 5 rings (SSSR count). The van der Waals surface area contributed by atoms with E-state index in [9.17, 15) is 13.2 Å². The van der Waals surface area contributed by atoms with E-state index >= 15 is 0 Å². The van der Waals surface area contributed by atoms with Crippen molar-refractivity contribution in [2.75, 3.05) is 0 Å². The van der Waals surface area contributed by atoms with Crippen molar-refractivity contribution in [1.29, 1.82) is 5.26 Å². The van der Waals surface area contributed by atoms with Crippen LogP contribution in [-0.2, 0) is 6.18 Å². The molecule has 0 N–H and O–H groups in total. The van der Waals surface area contributed by atoms with Crippen molar-refractivity contribution in [1.82, 2.24) is 24.3 Å². The van der Waals surface area contributed by atoms with E-state index < -0.39 is 11.9 Å². The summed E-state index contributed by atoms with van der Waals surface area (Å²) in [4.78, 5) is 8.41. The first-order chi connectivity index (χ1) is 15.9. The van der Waals surface area contributed by atoms with Crippen LogP contribution in [0.4, 0.5) is 13.2 Å². The summed E-state index contributed by atoms with van der Waals surface area (Å²) >= 11 is 0. The van der Waals surface area contributed by atoms with Crippen LogP contribution in [0.5, 0.6) is 0 Å². The van der Waals surface area contributed by atoms with E-state index in [4.69, 9.17) is 5.26 Å². The maximum atomic E-state index is 14.1. The zero-order valence-electron chi connectivity index (χ0n) is 17.2. The van der Waals surface area contributed by atoms with Crippen LogP contribution >= 0.6 is 0 Å². The number of aromatic nitrogens is 5. The molecule has 0 aliphatic rings. The van der Waals surface area contributed by atoms with Gasteiger partial charge in [0.15, 0.2) is 5.69 Å². The van der Waals surface area contributed by atoms with Crippen LogP contribution in [0.25, 0.3) is 33.5 Å². The Morgan fingerprint density at radius 2 is 1.88 bits per heavy atom. The third kappa shape index (κ3) is 3.51. The number of rotatable bonds is 3. The van der Waals surface area contributed by atoms with Crippen LogP contribution in [-0.4, -0.2) is 24.3 Å². The van der Waals surface area contributed by atoms with Crippen molar-refractivity contribution < 1.29 is 13.2 Å². The lowest BCUT2D eigenvalue weighted by atomic mass is 10.1. The van der Waals surface area contributed by atoms with E-state index in [-0.39, 0.29) is 5.39 Å². The number of benzene rings is 2. The molecule has 33 heavy (non-hydrogen) atoms. The second-order valence-electron chi connectivity index (χ2n) is 7.45. The Kier molecular flexibility index (Phi) is 4.71. The normalized spacial score (nSPS) is 11.6. The number of halogens is 3. The Hall–Kier alpha value is -4.45. The number of pyridine rings is 1. The third-order valence-electron chi connectivity index (χ3n) is 5.33. The van der Waals surface area contributed by atoms with Crippen molar-refractivity contribution in [3.63, 3.8) is 0 Å². The fraction of sp³-hybridized carbons (Fsp3) is 0.0833. The molecule has 0 saturated carbocycles. The Morgan fingerprint density at radius 1 is 1.03 bits per heavy atom. The van der Waals surface area contributed by atoms with Crippen LogP contribution in [0.3, 0.4) is 0 Å². The summed E-state index contributed by atoms with van der Waals surface area (Å²) < 4.78 is 45.1. The molecule has 0 amide bonds. The standard InChI is InChI=1S/C24H15F3N6/c1-15-10-16(11-28)7-8-19(15)33-21-6-2-5-20(22(21)23(31-33)24(25,26)27)32-13-18(30-14-32)17-4-3-9-29-12-17/h2-10,12-14H,1H3. The predicted molar refractivity (Wildman–Crippen MR) is 116 cm³/mol. The van der Waals surface area contributed by atoms with Crippen molar-refractivity contribution in [2.24, 2.45) is 0 Å². The average Bonchev–Trinajstić information content (AvgIpc) is 3.45. The Morgan fingerprint density at radius 3 is 2.58 bits per heavy atom. The fourth-order valence-corrected chi connectivity index (χ4v) is 3.83. The van der Waals surface area contributed by atoms with Crippen LogP contribution in [0, 0.1) is 18.3 Å². The molecule has 0 aliphatic heterocycles. The molecule has 2 aromatic carbocycles. The van der Waals surface area contributed by atoms with Gasteiger partial charge in [-0.3, -0.25) is 4.98 Å². The minimum absolute atomic E-state index is 0.0381. The molecule has 0 bridgehead atoms. The maximum Gasteiger partial charge on any atom is 0.435 e. The largest absolute Gasteiger partial charge is 0.435 e. The van der Waals surface area contributed by atoms with Crippen molar-refractivity contribution in [2.45, 2.75) is 13.1 Å². The molecule has 0 spiro atoms. The number of alkyl halides is 3. The van der Waals surface area contributed by atoms with Gasteiger partial charge < -0.3 is 4.57 Å². The van der Waals surface area contributed by atoms with Gasteiger partial charge in [0.05, 0.1) is 45.9 Å². The first-order valence-electron chi connectivity index (χ1n) is 9.91. The first-order valence-corrected chi connectivity index (χ1v) is 9.91. The average molecular weight is 444 g/mol. The number of nitriles is 1. The Bertz CT molecular complexity index is 1520. The highest BCUT2D eigenvalue weighted by atomic mass is 19.4. The van der Waals surface area contributed by atoms with E-state index in [2.05, 4.69) is 15.1 Å². The summed E-state index contributed by atoms with van der Waals surface area (Å²) in [5.41, 5.74) is 2.48. The van der Waals surface area contributed by atoms with E-state index in [1.54, 1.807) is 72.5 Å². The second-order valence-corrected chi connectivity index (χ2v) is 7.45. The van der Waals surface area contributed by atoms with Crippen LogP contribution in [0.2, 0.25) is 0 Å². The van der Waals surface area contributed by atoms with Gasteiger partial charge in [-0.05, 0) is 55.0 Å². The van der Waals surface area contributed by atoms with Gasteiger partial charge in [-0.15, -0.1) is 0 Å². The lowest BCUT2D eigenvalue weighted by molar-refractivity contribution is -0.140. The Labute approximate surface area is 186 Å². The highest BCUT2D eigenvalue weighted by molar-refractivity contribution is 5.92. The van der Waals surface area contributed by atoms with Gasteiger partial charge >= 0.3 is 6.18 Å². The summed E-state index contributed by atoms with van der Waals surface area (Å²) in [7, 11) is 0. The number of nitrogens with zero attached hydrogens (tertiary/aromatic N) is 6. The lowest BCUT2D eigenvalue weighted by Gasteiger charge is -2.09. The summed E-state index contributed by atoms with van der Waals surface area (Å²) in [6, 6.07) is 15.3. The predicted octanol–water partition coefficient (Wildman–Crippen LogP) is 5.47. The number of hydrogen-bond acceptors (Lipinski definition) is 4. The third-order valence-corrected chi connectivity index (χ3v) is 5.33. The Balaban J connectivity index is 1.75. The summed E-state index contributed by atoms with van der Waals surface area (Å²) in [5, 5.41) is 13.0. The van der Waals surface area contributed by atoms with Crippen LogP contribution in [0.1, 0.15) is 16.8 Å². The molecule has 0 radical (unpaired) electrons. The van der Waals surface area contributed by atoms with Crippen molar-refractivity contribution in [3.8, 4) is 28.7 Å². The molecule has 0 fully saturated rings. The molecule has 3 heterocycles. The van der Waals surface area contributed by atoms with Crippen molar-refractivity contribution in [3.05, 3.63) is 90.3 Å². The molecular weight excluding hydrogens is 429 g/mol. The van der Waals surface area contributed by atoms with Gasteiger partial charge in [-0.2, -0.15) is 23.5 Å².